The van der Waals surface area contributed by atoms with Crippen molar-refractivity contribution in [3.8, 4) is 0 Å². The zero-order chi connectivity index (χ0) is 12.8. The van der Waals surface area contributed by atoms with Crippen molar-refractivity contribution in [3.63, 3.8) is 0 Å². The molecule has 0 saturated heterocycles. The fourth-order valence-corrected chi connectivity index (χ4v) is 2.37. The molecule has 1 aliphatic carbocycles. The minimum absolute atomic E-state index is 0.114. The Hall–Kier alpha value is -1.76. The van der Waals surface area contributed by atoms with Crippen LogP contribution in [0.3, 0.4) is 0 Å². The highest BCUT2D eigenvalue weighted by atomic mass is 16.1. The fourth-order valence-electron chi connectivity index (χ4n) is 2.37. The molecule has 7 heteroatoms. The third-order valence-electron chi connectivity index (χ3n) is 3.74. The molecule has 0 aromatic carbocycles. The van der Waals surface area contributed by atoms with Crippen LogP contribution in [0.25, 0.3) is 11.0 Å². The van der Waals surface area contributed by atoms with E-state index in [2.05, 4.69) is 15.4 Å². The van der Waals surface area contributed by atoms with Gasteiger partial charge in [0.25, 0.3) is 5.56 Å². The second-order valence-corrected chi connectivity index (χ2v) is 5.10. The van der Waals surface area contributed by atoms with Gasteiger partial charge in [-0.3, -0.25) is 4.79 Å². The van der Waals surface area contributed by atoms with Crippen molar-refractivity contribution in [2.75, 3.05) is 6.54 Å². The molecule has 7 nitrogen and oxygen atoms in total. The Morgan fingerprint density at radius 2 is 2.28 bits per heavy atom. The van der Waals surface area contributed by atoms with E-state index in [4.69, 9.17) is 5.73 Å². The summed E-state index contributed by atoms with van der Waals surface area (Å²) in [6.45, 7) is 1.26. The number of hydrogen-bond donors (Lipinski definition) is 1. The number of aryl methyl sites for hydroxylation is 1. The Bertz CT molecular complexity index is 639. The summed E-state index contributed by atoms with van der Waals surface area (Å²) in [5.74, 6) is 0. The fraction of sp³-hybridized carbons (Fsp3) is 0.636. The molecular formula is C11H16N6O. The molecule has 0 radical (unpaired) electrons. The van der Waals surface area contributed by atoms with E-state index in [1.54, 1.807) is 17.9 Å². The van der Waals surface area contributed by atoms with Gasteiger partial charge >= 0.3 is 0 Å². The third-order valence-corrected chi connectivity index (χ3v) is 3.74. The van der Waals surface area contributed by atoms with Gasteiger partial charge in [0.2, 0.25) is 0 Å². The van der Waals surface area contributed by atoms with E-state index in [0.29, 0.717) is 24.1 Å². The van der Waals surface area contributed by atoms with Crippen molar-refractivity contribution in [2.45, 2.75) is 25.8 Å². The topological polar surface area (TPSA) is 91.6 Å². The zero-order valence-electron chi connectivity index (χ0n) is 10.3. The van der Waals surface area contributed by atoms with Crippen LogP contribution in [-0.2, 0) is 13.6 Å². The summed E-state index contributed by atoms with van der Waals surface area (Å²) >= 11 is 0. The number of fused-ring (bicyclic) bond motifs is 1. The average Bonchev–Trinajstić information content (AvgIpc) is 2.99. The van der Waals surface area contributed by atoms with E-state index in [1.807, 2.05) is 0 Å². The smallest absolute Gasteiger partial charge is 0.280 e. The predicted molar refractivity (Wildman–Crippen MR) is 65.9 cm³/mol. The lowest BCUT2D eigenvalue weighted by molar-refractivity contribution is 0.358. The quantitative estimate of drug-likeness (QED) is 0.798. The monoisotopic (exact) mass is 248 g/mol. The van der Waals surface area contributed by atoms with Gasteiger partial charge in [0, 0.05) is 7.05 Å². The van der Waals surface area contributed by atoms with E-state index in [9.17, 15) is 4.79 Å². The Labute approximate surface area is 104 Å². The molecule has 18 heavy (non-hydrogen) atoms. The van der Waals surface area contributed by atoms with E-state index in [1.165, 1.54) is 4.68 Å². The van der Waals surface area contributed by atoms with Crippen molar-refractivity contribution < 1.29 is 0 Å². The van der Waals surface area contributed by atoms with E-state index >= 15 is 0 Å². The van der Waals surface area contributed by atoms with Crippen molar-refractivity contribution in [2.24, 2.45) is 18.2 Å². The molecule has 3 rings (SSSR count). The van der Waals surface area contributed by atoms with Crippen LogP contribution in [0.5, 0.6) is 0 Å². The van der Waals surface area contributed by atoms with Gasteiger partial charge in [0.05, 0.1) is 12.7 Å². The van der Waals surface area contributed by atoms with Crippen molar-refractivity contribution >= 4 is 11.0 Å². The Morgan fingerprint density at radius 1 is 1.50 bits per heavy atom. The molecule has 2 aromatic heterocycles. The molecule has 0 aliphatic heterocycles. The number of aromatic nitrogens is 5. The first-order chi connectivity index (χ1) is 8.65. The predicted octanol–water partition coefficient (Wildman–Crippen LogP) is -0.346. The van der Waals surface area contributed by atoms with Crippen LogP contribution in [0.2, 0.25) is 0 Å². The van der Waals surface area contributed by atoms with Crippen LogP contribution < -0.4 is 11.3 Å². The highest BCUT2D eigenvalue weighted by Gasteiger charge is 2.42. The SMILES string of the molecule is Cn1ncc2c(=O)n(CC3(CCN)CC3)nnc21. The highest BCUT2D eigenvalue weighted by Crippen LogP contribution is 2.49. The molecule has 0 bridgehead atoms. The summed E-state index contributed by atoms with van der Waals surface area (Å²) in [5, 5.41) is 12.6. The first-order valence-electron chi connectivity index (χ1n) is 6.11. The van der Waals surface area contributed by atoms with Gasteiger partial charge in [-0.1, -0.05) is 5.21 Å². The Morgan fingerprint density at radius 3 is 2.94 bits per heavy atom. The Kier molecular flexibility index (Phi) is 2.44. The lowest BCUT2D eigenvalue weighted by atomic mass is 10.0. The number of nitrogens with two attached hydrogens (primary N) is 1. The van der Waals surface area contributed by atoms with Crippen LogP contribution in [0.15, 0.2) is 11.0 Å². The van der Waals surface area contributed by atoms with Crippen molar-refractivity contribution in [3.05, 3.63) is 16.6 Å². The molecule has 2 N–H and O–H groups in total. The second kappa shape index (κ2) is 3.88. The van der Waals surface area contributed by atoms with Crippen LogP contribution in [0, 0.1) is 5.41 Å². The largest absolute Gasteiger partial charge is 0.330 e. The van der Waals surface area contributed by atoms with Gasteiger partial charge in [-0.05, 0) is 31.2 Å². The summed E-state index contributed by atoms with van der Waals surface area (Å²) in [7, 11) is 1.75. The summed E-state index contributed by atoms with van der Waals surface area (Å²) in [5.41, 5.74) is 6.19. The van der Waals surface area contributed by atoms with Crippen LogP contribution in [0.1, 0.15) is 19.3 Å². The molecule has 0 spiro atoms. The van der Waals surface area contributed by atoms with Crippen LogP contribution >= 0.6 is 0 Å². The second-order valence-electron chi connectivity index (χ2n) is 5.10. The number of hydrogen-bond acceptors (Lipinski definition) is 5. The minimum atomic E-state index is -0.114. The lowest BCUT2D eigenvalue weighted by Crippen LogP contribution is -2.29. The molecule has 0 atom stereocenters. The van der Waals surface area contributed by atoms with Crippen molar-refractivity contribution in [1.29, 1.82) is 0 Å². The van der Waals surface area contributed by atoms with Crippen LogP contribution in [0.4, 0.5) is 0 Å². The maximum Gasteiger partial charge on any atom is 0.280 e. The standard InChI is InChI=1S/C11H16N6O/c1-16-9-8(6-13-16)10(18)17(15-14-9)7-11(2-3-11)4-5-12/h6H,2-5,7,12H2,1H3. The van der Waals surface area contributed by atoms with Crippen molar-refractivity contribution in [1.82, 2.24) is 24.8 Å². The summed E-state index contributed by atoms with van der Waals surface area (Å²) in [6.07, 6.45) is 4.71. The maximum atomic E-state index is 12.2. The summed E-state index contributed by atoms with van der Waals surface area (Å²) in [6, 6.07) is 0. The van der Waals surface area contributed by atoms with Gasteiger partial charge in [-0.2, -0.15) is 5.10 Å². The van der Waals surface area contributed by atoms with E-state index in [-0.39, 0.29) is 11.0 Å². The lowest BCUT2D eigenvalue weighted by Gasteiger charge is -2.13. The molecule has 2 heterocycles. The third kappa shape index (κ3) is 1.71. The normalized spacial score (nSPS) is 17.2. The minimum Gasteiger partial charge on any atom is -0.330 e. The van der Waals surface area contributed by atoms with Gasteiger partial charge in [-0.15, -0.1) is 5.10 Å². The summed E-state index contributed by atoms with van der Waals surface area (Å²) < 4.78 is 3.01. The molecule has 96 valence electrons. The molecular weight excluding hydrogens is 232 g/mol. The molecule has 1 saturated carbocycles. The summed E-state index contributed by atoms with van der Waals surface area (Å²) in [4.78, 5) is 12.2. The zero-order valence-corrected chi connectivity index (χ0v) is 10.3. The maximum absolute atomic E-state index is 12.2. The molecule has 1 fully saturated rings. The first-order valence-corrected chi connectivity index (χ1v) is 6.11. The molecule has 2 aromatic rings. The van der Waals surface area contributed by atoms with Gasteiger partial charge < -0.3 is 5.73 Å². The highest BCUT2D eigenvalue weighted by molar-refractivity contribution is 5.72. The molecule has 1 aliphatic rings. The molecule has 0 amide bonds. The van der Waals surface area contributed by atoms with Gasteiger partial charge in [-0.25, -0.2) is 9.36 Å². The first kappa shape index (κ1) is 11.3. The number of rotatable bonds is 4. The number of nitrogens with zero attached hydrogens (tertiary/aromatic N) is 5. The van der Waals surface area contributed by atoms with Crippen LogP contribution in [-0.4, -0.2) is 31.3 Å². The van der Waals surface area contributed by atoms with Gasteiger partial charge in [0.15, 0.2) is 5.65 Å². The Balaban J connectivity index is 1.98. The molecule has 0 unspecified atom stereocenters. The van der Waals surface area contributed by atoms with E-state index in [0.717, 1.165) is 19.3 Å². The van der Waals surface area contributed by atoms with E-state index < -0.39 is 0 Å². The average molecular weight is 248 g/mol. The van der Waals surface area contributed by atoms with Gasteiger partial charge in [0.1, 0.15) is 5.39 Å².